The van der Waals surface area contributed by atoms with E-state index in [4.69, 9.17) is 0 Å². The fourth-order valence-electron chi connectivity index (χ4n) is 3.88. The lowest BCUT2D eigenvalue weighted by molar-refractivity contribution is 0.838. The summed E-state index contributed by atoms with van der Waals surface area (Å²) in [5.41, 5.74) is 7.95. The molecule has 0 fully saturated rings. The number of aromatic nitrogens is 1. The van der Waals surface area contributed by atoms with Crippen LogP contribution in [-0.4, -0.2) is 4.98 Å². The Morgan fingerprint density at radius 3 is 1.83 bits per heavy atom. The van der Waals surface area contributed by atoms with Gasteiger partial charge in [0.25, 0.3) is 0 Å². The van der Waals surface area contributed by atoms with Crippen LogP contribution >= 0.6 is 0 Å². The highest BCUT2D eigenvalue weighted by atomic mass is 15.0. The monoisotopic (exact) mass is 395 g/mol. The summed E-state index contributed by atoms with van der Waals surface area (Å²) in [7, 11) is 0. The number of pyridine rings is 1. The summed E-state index contributed by atoms with van der Waals surface area (Å²) >= 11 is 0. The molecule has 0 saturated carbocycles. The lowest BCUT2D eigenvalue weighted by Crippen LogP contribution is -2.05. The van der Waals surface area contributed by atoms with Crippen LogP contribution in [0.3, 0.4) is 0 Å². The Morgan fingerprint density at radius 2 is 1.17 bits per heavy atom. The largest absolute Gasteiger partial charge is 0.353 e. The van der Waals surface area contributed by atoms with Gasteiger partial charge in [-0.3, -0.25) is 4.98 Å². The van der Waals surface area contributed by atoms with Crippen molar-refractivity contribution in [3.05, 3.63) is 90.1 Å². The fraction of sp³-hybridized carbons (Fsp3) is 0.222. The molecule has 0 aliphatic heterocycles. The van der Waals surface area contributed by atoms with Crippen LogP contribution in [0.4, 0.5) is 22.7 Å². The number of para-hydroxylation sites is 4. The third-order valence-electron chi connectivity index (χ3n) is 5.46. The topological polar surface area (TPSA) is 37.0 Å². The summed E-state index contributed by atoms with van der Waals surface area (Å²) in [5, 5.41) is 8.49. The zero-order valence-corrected chi connectivity index (χ0v) is 18.1. The standard InChI is InChI=1S/C27H29N3/c1-18(2)21-12-8-13-22(19(3)4)27(21)30-24-15-6-5-14-23(24)29-25-16-7-10-20-11-9-17-28-26(20)25/h5-19,29-30H,1-4H3. The van der Waals surface area contributed by atoms with Gasteiger partial charge in [-0.2, -0.15) is 0 Å². The summed E-state index contributed by atoms with van der Waals surface area (Å²) < 4.78 is 0. The van der Waals surface area contributed by atoms with Crippen molar-refractivity contribution in [2.45, 2.75) is 39.5 Å². The van der Waals surface area contributed by atoms with Crippen molar-refractivity contribution in [2.24, 2.45) is 0 Å². The molecule has 1 aromatic heterocycles. The Bertz CT molecular complexity index is 1130. The van der Waals surface area contributed by atoms with Crippen LogP contribution in [0.1, 0.15) is 50.7 Å². The van der Waals surface area contributed by atoms with Crippen LogP contribution in [-0.2, 0) is 0 Å². The number of nitrogens with zero attached hydrogens (tertiary/aromatic N) is 1. The van der Waals surface area contributed by atoms with Crippen molar-refractivity contribution >= 4 is 33.7 Å². The predicted molar refractivity (Wildman–Crippen MR) is 129 cm³/mol. The van der Waals surface area contributed by atoms with E-state index in [-0.39, 0.29) is 0 Å². The highest BCUT2D eigenvalue weighted by Gasteiger charge is 2.15. The molecule has 0 bridgehead atoms. The highest BCUT2D eigenvalue weighted by Crippen LogP contribution is 2.37. The van der Waals surface area contributed by atoms with Gasteiger partial charge in [-0.05, 0) is 47.2 Å². The highest BCUT2D eigenvalue weighted by molar-refractivity contribution is 5.93. The Kier molecular flexibility index (Phi) is 5.71. The first kappa shape index (κ1) is 20.0. The van der Waals surface area contributed by atoms with Crippen molar-refractivity contribution in [3.63, 3.8) is 0 Å². The smallest absolute Gasteiger partial charge is 0.0936 e. The molecule has 30 heavy (non-hydrogen) atoms. The third-order valence-corrected chi connectivity index (χ3v) is 5.46. The molecule has 0 unspecified atom stereocenters. The van der Waals surface area contributed by atoms with Gasteiger partial charge in [-0.25, -0.2) is 0 Å². The first-order chi connectivity index (χ1) is 14.5. The van der Waals surface area contributed by atoms with Crippen molar-refractivity contribution in [1.29, 1.82) is 0 Å². The van der Waals surface area contributed by atoms with E-state index in [9.17, 15) is 0 Å². The zero-order chi connectivity index (χ0) is 21.1. The minimum atomic E-state index is 0.439. The van der Waals surface area contributed by atoms with Crippen LogP contribution in [0.2, 0.25) is 0 Å². The van der Waals surface area contributed by atoms with Crippen LogP contribution in [0.15, 0.2) is 79.0 Å². The molecule has 3 aromatic carbocycles. The lowest BCUT2D eigenvalue weighted by atomic mass is 9.92. The van der Waals surface area contributed by atoms with E-state index in [0.29, 0.717) is 11.8 Å². The molecule has 0 aliphatic rings. The number of anilines is 4. The quantitative estimate of drug-likeness (QED) is 0.347. The molecule has 0 radical (unpaired) electrons. The maximum atomic E-state index is 4.58. The first-order valence-electron chi connectivity index (χ1n) is 10.6. The van der Waals surface area contributed by atoms with Gasteiger partial charge in [0.15, 0.2) is 0 Å². The summed E-state index contributed by atoms with van der Waals surface area (Å²) in [5.74, 6) is 0.877. The van der Waals surface area contributed by atoms with E-state index in [1.807, 2.05) is 12.3 Å². The van der Waals surface area contributed by atoms with Crippen molar-refractivity contribution in [2.75, 3.05) is 10.6 Å². The lowest BCUT2D eigenvalue weighted by Gasteiger charge is -2.22. The number of hydrogen-bond acceptors (Lipinski definition) is 3. The maximum Gasteiger partial charge on any atom is 0.0936 e. The van der Waals surface area contributed by atoms with Crippen LogP contribution < -0.4 is 10.6 Å². The Balaban J connectivity index is 1.75. The number of fused-ring (bicyclic) bond motifs is 1. The number of nitrogens with one attached hydrogen (secondary N) is 2. The molecule has 0 aliphatic carbocycles. The summed E-state index contributed by atoms with van der Waals surface area (Å²) in [6, 6.07) is 25.3. The average molecular weight is 396 g/mol. The van der Waals surface area contributed by atoms with E-state index < -0.39 is 0 Å². The molecule has 152 valence electrons. The van der Waals surface area contributed by atoms with E-state index in [1.54, 1.807) is 0 Å². The minimum Gasteiger partial charge on any atom is -0.353 e. The van der Waals surface area contributed by atoms with Crippen molar-refractivity contribution < 1.29 is 0 Å². The molecular weight excluding hydrogens is 366 g/mol. The molecule has 4 aromatic rings. The van der Waals surface area contributed by atoms with Gasteiger partial charge in [-0.1, -0.05) is 76.2 Å². The second-order valence-electron chi connectivity index (χ2n) is 8.30. The van der Waals surface area contributed by atoms with Gasteiger partial charge in [0.1, 0.15) is 0 Å². The molecule has 0 atom stereocenters. The van der Waals surface area contributed by atoms with Crippen LogP contribution in [0.25, 0.3) is 10.9 Å². The molecule has 0 saturated heterocycles. The fourth-order valence-corrected chi connectivity index (χ4v) is 3.88. The van der Waals surface area contributed by atoms with Crippen LogP contribution in [0, 0.1) is 0 Å². The zero-order valence-electron chi connectivity index (χ0n) is 18.1. The van der Waals surface area contributed by atoms with Gasteiger partial charge >= 0.3 is 0 Å². The van der Waals surface area contributed by atoms with Crippen LogP contribution in [0.5, 0.6) is 0 Å². The first-order valence-corrected chi connectivity index (χ1v) is 10.6. The second kappa shape index (κ2) is 8.58. The predicted octanol–water partition coefficient (Wildman–Crippen LogP) is 7.97. The Labute approximate surface area is 179 Å². The molecule has 0 amide bonds. The molecule has 4 rings (SSSR count). The molecule has 0 spiro atoms. The van der Waals surface area contributed by atoms with E-state index in [0.717, 1.165) is 28.0 Å². The molecule has 3 nitrogen and oxygen atoms in total. The Hall–Kier alpha value is -3.33. The van der Waals surface area contributed by atoms with Gasteiger partial charge in [-0.15, -0.1) is 0 Å². The van der Waals surface area contributed by atoms with Gasteiger partial charge in [0.2, 0.25) is 0 Å². The second-order valence-corrected chi connectivity index (χ2v) is 8.30. The van der Waals surface area contributed by atoms with E-state index in [1.165, 1.54) is 16.8 Å². The SMILES string of the molecule is CC(C)c1cccc(C(C)C)c1Nc1ccccc1Nc1cccc2cccnc12. The number of benzene rings is 3. The molecular formula is C27H29N3. The summed E-state index contributed by atoms with van der Waals surface area (Å²) in [4.78, 5) is 4.58. The Morgan fingerprint density at radius 1 is 0.600 bits per heavy atom. The molecule has 3 heteroatoms. The number of rotatable bonds is 6. The molecule has 2 N–H and O–H groups in total. The van der Waals surface area contributed by atoms with Gasteiger partial charge in [0, 0.05) is 17.3 Å². The molecule has 1 heterocycles. The summed E-state index contributed by atoms with van der Waals surface area (Å²) in [6.45, 7) is 8.99. The minimum absolute atomic E-state index is 0.439. The third kappa shape index (κ3) is 4.02. The summed E-state index contributed by atoms with van der Waals surface area (Å²) in [6.07, 6.45) is 1.84. The van der Waals surface area contributed by atoms with E-state index in [2.05, 4.69) is 110 Å². The van der Waals surface area contributed by atoms with Gasteiger partial charge in [0.05, 0.1) is 22.6 Å². The van der Waals surface area contributed by atoms with E-state index >= 15 is 0 Å². The number of hydrogen-bond donors (Lipinski definition) is 2. The van der Waals surface area contributed by atoms with Gasteiger partial charge < -0.3 is 10.6 Å². The maximum absolute atomic E-state index is 4.58. The average Bonchev–Trinajstić information content (AvgIpc) is 2.75. The van der Waals surface area contributed by atoms with Crippen molar-refractivity contribution in [1.82, 2.24) is 4.98 Å². The van der Waals surface area contributed by atoms with Crippen molar-refractivity contribution in [3.8, 4) is 0 Å². The normalized spacial score (nSPS) is 11.3.